The molecule has 0 saturated carbocycles. The second-order valence-electron chi connectivity index (χ2n) is 6.70. The fourth-order valence-corrected chi connectivity index (χ4v) is 3.51. The van der Waals surface area contributed by atoms with Gasteiger partial charge in [-0.15, -0.1) is 0 Å². The van der Waals surface area contributed by atoms with E-state index in [1.807, 2.05) is 25.6 Å². The van der Waals surface area contributed by atoms with Crippen LogP contribution in [-0.4, -0.2) is 34.7 Å². The van der Waals surface area contributed by atoms with E-state index >= 15 is 0 Å². The number of carbonyl (C=O) groups excluding carboxylic acids is 2. The molecule has 0 spiro atoms. The van der Waals surface area contributed by atoms with Crippen LogP contribution in [0.15, 0.2) is 24.3 Å². The molecule has 3 rings (SSSR count). The summed E-state index contributed by atoms with van der Waals surface area (Å²) in [4.78, 5) is 26.4. The Kier molecular flexibility index (Phi) is 5.32. The molecule has 1 atom stereocenters. The van der Waals surface area contributed by atoms with Gasteiger partial charge in [-0.05, 0) is 50.1 Å². The van der Waals surface area contributed by atoms with E-state index in [0.717, 1.165) is 29.1 Å². The maximum absolute atomic E-state index is 12.5. The molecule has 2 amide bonds. The van der Waals surface area contributed by atoms with Gasteiger partial charge in [-0.25, -0.2) is 0 Å². The van der Waals surface area contributed by atoms with Gasteiger partial charge in [0.25, 0.3) is 0 Å². The quantitative estimate of drug-likeness (QED) is 0.873. The van der Waals surface area contributed by atoms with E-state index in [9.17, 15) is 9.59 Å². The van der Waals surface area contributed by atoms with Crippen LogP contribution in [0.25, 0.3) is 0 Å². The summed E-state index contributed by atoms with van der Waals surface area (Å²) in [7, 11) is 1.92. The summed E-state index contributed by atoms with van der Waals surface area (Å²) in [6, 6.07) is 7.09. The summed E-state index contributed by atoms with van der Waals surface area (Å²) in [5.74, 6) is -0.435. The van der Waals surface area contributed by atoms with Crippen molar-refractivity contribution in [2.24, 2.45) is 13.0 Å². The molecule has 2 heterocycles. The highest BCUT2D eigenvalue weighted by Gasteiger charge is 2.34. The van der Waals surface area contributed by atoms with E-state index in [2.05, 4.69) is 10.4 Å². The van der Waals surface area contributed by atoms with Crippen molar-refractivity contribution in [2.75, 3.05) is 18.0 Å². The molecule has 1 aromatic heterocycles. The van der Waals surface area contributed by atoms with Crippen molar-refractivity contribution in [1.29, 1.82) is 0 Å². The summed E-state index contributed by atoms with van der Waals surface area (Å²) in [6.45, 7) is 4.94. The standard InChI is InChI=1S/C19H23ClN4O2/c1-12-17(13(2)23(3)22-12)8-9-21-19(26)14-10-18(25)24(11-14)16-6-4-15(20)5-7-16/h4-7,14H,8-11H2,1-3H3,(H,21,26)/t14-/m1/s1. The first-order valence-electron chi connectivity index (χ1n) is 8.69. The molecule has 1 aliphatic heterocycles. The zero-order valence-electron chi connectivity index (χ0n) is 15.3. The molecule has 0 radical (unpaired) electrons. The lowest BCUT2D eigenvalue weighted by atomic mass is 10.1. The van der Waals surface area contributed by atoms with Crippen molar-refractivity contribution < 1.29 is 9.59 Å². The van der Waals surface area contributed by atoms with Crippen molar-refractivity contribution in [1.82, 2.24) is 15.1 Å². The Labute approximate surface area is 158 Å². The number of aryl methyl sites for hydroxylation is 2. The number of aromatic nitrogens is 2. The van der Waals surface area contributed by atoms with Crippen LogP contribution in [0.2, 0.25) is 5.02 Å². The van der Waals surface area contributed by atoms with Crippen LogP contribution in [0.3, 0.4) is 0 Å². The average molecular weight is 375 g/mol. The van der Waals surface area contributed by atoms with E-state index in [-0.39, 0.29) is 24.2 Å². The Bertz CT molecular complexity index is 829. The Morgan fingerprint density at radius 3 is 2.62 bits per heavy atom. The van der Waals surface area contributed by atoms with Crippen LogP contribution in [0.5, 0.6) is 0 Å². The van der Waals surface area contributed by atoms with E-state index in [4.69, 9.17) is 11.6 Å². The number of benzene rings is 1. The fourth-order valence-electron chi connectivity index (χ4n) is 3.39. The molecule has 2 aromatic rings. The molecule has 1 aromatic carbocycles. The maximum Gasteiger partial charge on any atom is 0.227 e. The lowest BCUT2D eigenvalue weighted by Crippen LogP contribution is -2.34. The highest BCUT2D eigenvalue weighted by Crippen LogP contribution is 2.26. The van der Waals surface area contributed by atoms with Crippen LogP contribution in [0.1, 0.15) is 23.4 Å². The number of nitrogens with zero attached hydrogens (tertiary/aromatic N) is 3. The summed E-state index contributed by atoms with van der Waals surface area (Å²) in [5.41, 5.74) is 4.04. The van der Waals surface area contributed by atoms with E-state index in [1.165, 1.54) is 0 Å². The van der Waals surface area contributed by atoms with Gasteiger partial charge in [0.15, 0.2) is 0 Å². The van der Waals surface area contributed by atoms with Gasteiger partial charge in [0.2, 0.25) is 11.8 Å². The normalized spacial score (nSPS) is 17.0. The molecule has 7 heteroatoms. The van der Waals surface area contributed by atoms with E-state index in [1.54, 1.807) is 29.2 Å². The zero-order valence-corrected chi connectivity index (χ0v) is 16.0. The highest BCUT2D eigenvalue weighted by molar-refractivity contribution is 6.30. The lowest BCUT2D eigenvalue weighted by Gasteiger charge is -2.16. The van der Waals surface area contributed by atoms with E-state index in [0.29, 0.717) is 18.1 Å². The summed E-state index contributed by atoms with van der Waals surface area (Å²) >= 11 is 5.89. The van der Waals surface area contributed by atoms with Crippen LogP contribution >= 0.6 is 11.6 Å². The third-order valence-corrected chi connectivity index (χ3v) is 5.22. The van der Waals surface area contributed by atoms with Gasteiger partial charge in [0.1, 0.15) is 0 Å². The first-order valence-corrected chi connectivity index (χ1v) is 9.07. The van der Waals surface area contributed by atoms with Crippen molar-refractivity contribution in [3.8, 4) is 0 Å². The maximum atomic E-state index is 12.5. The minimum absolute atomic E-state index is 0.0357. The Morgan fingerprint density at radius 1 is 1.31 bits per heavy atom. The molecule has 138 valence electrons. The second kappa shape index (κ2) is 7.50. The van der Waals surface area contributed by atoms with Crippen molar-refractivity contribution >= 4 is 29.1 Å². The number of hydrogen-bond acceptors (Lipinski definition) is 3. The zero-order chi connectivity index (χ0) is 18.8. The topological polar surface area (TPSA) is 67.2 Å². The molecular formula is C19H23ClN4O2. The first-order chi connectivity index (χ1) is 12.4. The average Bonchev–Trinajstić information content (AvgIpc) is 3.10. The highest BCUT2D eigenvalue weighted by atomic mass is 35.5. The van der Waals surface area contributed by atoms with Crippen molar-refractivity contribution in [2.45, 2.75) is 26.7 Å². The molecule has 1 N–H and O–H groups in total. The number of carbonyl (C=O) groups is 2. The third kappa shape index (κ3) is 3.75. The van der Waals surface area contributed by atoms with Gasteiger partial charge < -0.3 is 10.2 Å². The van der Waals surface area contributed by atoms with Crippen LogP contribution < -0.4 is 10.2 Å². The molecular weight excluding hydrogens is 352 g/mol. The fraction of sp³-hybridized carbons (Fsp3) is 0.421. The smallest absolute Gasteiger partial charge is 0.227 e. The van der Waals surface area contributed by atoms with Crippen molar-refractivity contribution in [3.63, 3.8) is 0 Å². The molecule has 0 aliphatic carbocycles. The minimum atomic E-state index is -0.325. The number of amides is 2. The summed E-state index contributed by atoms with van der Waals surface area (Å²) in [6.07, 6.45) is 0.970. The first kappa shape index (κ1) is 18.5. The number of rotatable bonds is 5. The van der Waals surface area contributed by atoms with Gasteiger partial charge >= 0.3 is 0 Å². The van der Waals surface area contributed by atoms with Crippen LogP contribution in [0, 0.1) is 19.8 Å². The summed E-state index contributed by atoms with van der Waals surface area (Å²) in [5, 5.41) is 7.97. The monoisotopic (exact) mass is 374 g/mol. The Hall–Kier alpha value is -2.34. The Balaban J connectivity index is 1.55. The number of anilines is 1. The Morgan fingerprint density at radius 2 is 2.00 bits per heavy atom. The molecule has 1 fully saturated rings. The SMILES string of the molecule is Cc1nn(C)c(C)c1CCNC(=O)[C@@H]1CC(=O)N(c2ccc(Cl)cc2)C1. The lowest BCUT2D eigenvalue weighted by molar-refractivity contribution is -0.126. The molecule has 0 bridgehead atoms. The molecule has 1 saturated heterocycles. The van der Waals surface area contributed by atoms with Gasteiger partial charge in [-0.2, -0.15) is 5.10 Å². The number of hydrogen-bond donors (Lipinski definition) is 1. The number of nitrogens with one attached hydrogen (secondary N) is 1. The van der Waals surface area contributed by atoms with Gasteiger partial charge in [-0.1, -0.05) is 11.6 Å². The second-order valence-corrected chi connectivity index (χ2v) is 7.13. The molecule has 0 unspecified atom stereocenters. The van der Waals surface area contributed by atoms with Gasteiger partial charge in [0, 0.05) is 43.0 Å². The molecule has 1 aliphatic rings. The predicted octanol–water partition coefficient (Wildman–Crippen LogP) is 2.40. The van der Waals surface area contributed by atoms with Crippen molar-refractivity contribution in [3.05, 3.63) is 46.2 Å². The minimum Gasteiger partial charge on any atom is -0.355 e. The van der Waals surface area contributed by atoms with Crippen LogP contribution in [0.4, 0.5) is 5.69 Å². The van der Waals surface area contributed by atoms with Gasteiger partial charge in [-0.3, -0.25) is 14.3 Å². The van der Waals surface area contributed by atoms with Gasteiger partial charge in [0.05, 0.1) is 11.6 Å². The predicted molar refractivity (Wildman–Crippen MR) is 101 cm³/mol. The number of halogens is 1. The summed E-state index contributed by atoms with van der Waals surface area (Å²) < 4.78 is 1.85. The van der Waals surface area contributed by atoms with Crippen LogP contribution in [-0.2, 0) is 23.1 Å². The third-order valence-electron chi connectivity index (χ3n) is 4.97. The molecule has 6 nitrogen and oxygen atoms in total. The van der Waals surface area contributed by atoms with E-state index < -0.39 is 0 Å². The molecule has 26 heavy (non-hydrogen) atoms. The largest absolute Gasteiger partial charge is 0.355 e.